The molecule has 2 saturated heterocycles. The van der Waals surface area contributed by atoms with Gasteiger partial charge in [0.25, 0.3) is 0 Å². The Morgan fingerprint density at radius 1 is 1.39 bits per heavy atom. The molecule has 1 amide bonds. The standard InChI is InChI=1S/C18H25N3O2/c1-12-4-2-7-14(19-12)8-21-9-16(15-10-23-11-17(15)21)20-18(22)13-5-3-6-13/h2,4,7,13,15-17H,3,5-6,8-11H2,1H3,(H,20,22)/t15-,16-,17-/m1/s1. The van der Waals surface area contributed by atoms with Gasteiger partial charge < -0.3 is 10.1 Å². The maximum Gasteiger partial charge on any atom is 0.223 e. The Kier molecular flexibility index (Phi) is 4.07. The number of carbonyl (C=O) groups is 1. The van der Waals surface area contributed by atoms with Gasteiger partial charge in [0.05, 0.1) is 18.9 Å². The van der Waals surface area contributed by atoms with Gasteiger partial charge in [0, 0.05) is 42.7 Å². The lowest BCUT2D eigenvalue weighted by Gasteiger charge is -2.27. The first-order valence-corrected chi connectivity index (χ1v) is 8.75. The number of pyridine rings is 1. The smallest absolute Gasteiger partial charge is 0.223 e. The maximum absolute atomic E-state index is 12.3. The summed E-state index contributed by atoms with van der Waals surface area (Å²) in [6, 6.07) is 6.80. The molecule has 1 saturated carbocycles. The third-order valence-corrected chi connectivity index (χ3v) is 5.62. The monoisotopic (exact) mass is 315 g/mol. The average molecular weight is 315 g/mol. The van der Waals surface area contributed by atoms with E-state index < -0.39 is 0 Å². The van der Waals surface area contributed by atoms with Gasteiger partial charge in [0.2, 0.25) is 5.91 Å². The molecular formula is C18H25N3O2. The highest BCUT2D eigenvalue weighted by atomic mass is 16.5. The second-order valence-corrected chi connectivity index (χ2v) is 7.21. The average Bonchev–Trinajstić information content (AvgIpc) is 3.02. The fourth-order valence-electron chi connectivity index (χ4n) is 4.04. The first-order valence-electron chi connectivity index (χ1n) is 8.75. The fourth-order valence-corrected chi connectivity index (χ4v) is 4.04. The second-order valence-electron chi connectivity index (χ2n) is 7.21. The number of amides is 1. The number of nitrogens with zero attached hydrogens (tertiary/aromatic N) is 2. The minimum absolute atomic E-state index is 0.223. The third-order valence-electron chi connectivity index (χ3n) is 5.62. The van der Waals surface area contributed by atoms with E-state index in [-0.39, 0.29) is 17.9 Å². The van der Waals surface area contributed by atoms with Crippen LogP contribution in [0.15, 0.2) is 18.2 Å². The number of hydrogen-bond acceptors (Lipinski definition) is 4. The van der Waals surface area contributed by atoms with Crippen molar-refractivity contribution in [3.63, 3.8) is 0 Å². The summed E-state index contributed by atoms with van der Waals surface area (Å²) in [5.74, 6) is 0.925. The number of aryl methyl sites for hydroxylation is 1. The van der Waals surface area contributed by atoms with Crippen LogP contribution >= 0.6 is 0 Å². The van der Waals surface area contributed by atoms with Crippen molar-refractivity contribution in [3.8, 4) is 0 Å². The highest BCUT2D eigenvalue weighted by molar-refractivity contribution is 5.79. The summed E-state index contributed by atoms with van der Waals surface area (Å²) in [6.45, 7) is 5.30. The van der Waals surface area contributed by atoms with Crippen LogP contribution in [0.1, 0.15) is 30.7 Å². The summed E-state index contributed by atoms with van der Waals surface area (Å²) < 4.78 is 5.70. The van der Waals surface area contributed by atoms with Crippen LogP contribution in [0.2, 0.25) is 0 Å². The molecule has 5 nitrogen and oxygen atoms in total. The Hall–Kier alpha value is -1.46. The van der Waals surface area contributed by atoms with Crippen LogP contribution < -0.4 is 5.32 Å². The van der Waals surface area contributed by atoms with Gasteiger partial charge in [-0.15, -0.1) is 0 Å². The number of ether oxygens (including phenoxy) is 1. The number of carbonyl (C=O) groups excluding carboxylic acids is 1. The van der Waals surface area contributed by atoms with Crippen molar-refractivity contribution in [3.05, 3.63) is 29.6 Å². The highest BCUT2D eigenvalue weighted by Gasteiger charge is 2.46. The van der Waals surface area contributed by atoms with Crippen LogP contribution in [0, 0.1) is 18.8 Å². The van der Waals surface area contributed by atoms with Crippen LogP contribution in [-0.2, 0) is 16.1 Å². The number of hydrogen-bond donors (Lipinski definition) is 1. The van der Waals surface area contributed by atoms with Crippen LogP contribution in [0.4, 0.5) is 0 Å². The molecule has 1 aromatic rings. The van der Waals surface area contributed by atoms with E-state index in [1.54, 1.807) is 0 Å². The highest BCUT2D eigenvalue weighted by Crippen LogP contribution is 2.33. The van der Waals surface area contributed by atoms with E-state index in [1.807, 2.05) is 13.0 Å². The Balaban J connectivity index is 1.43. The van der Waals surface area contributed by atoms with Crippen molar-refractivity contribution >= 4 is 5.91 Å². The maximum atomic E-state index is 12.3. The molecule has 4 rings (SSSR count). The largest absolute Gasteiger partial charge is 0.379 e. The van der Waals surface area contributed by atoms with Gasteiger partial charge in [-0.2, -0.15) is 0 Å². The summed E-state index contributed by atoms with van der Waals surface area (Å²) in [6.07, 6.45) is 3.31. The van der Waals surface area contributed by atoms with Crippen LogP contribution in [0.5, 0.6) is 0 Å². The van der Waals surface area contributed by atoms with E-state index in [2.05, 4.69) is 27.3 Å². The number of likely N-dealkylation sites (tertiary alicyclic amines) is 1. The zero-order chi connectivity index (χ0) is 15.8. The van der Waals surface area contributed by atoms with Crippen molar-refractivity contribution in [1.29, 1.82) is 0 Å². The molecule has 0 spiro atoms. The quantitative estimate of drug-likeness (QED) is 0.915. The van der Waals surface area contributed by atoms with Gasteiger partial charge in [-0.3, -0.25) is 14.7 Å². The molecular weight excluding hydrogens is 290 g/mol. The molecule has 0 radical (unpaired) electrons. The number of aromatic nitrogens is 1. The zero-order valence-corrected chi connectivity index (χ0v) is 13.7. The summed E-state index contributed by atoms with van der Waals surface area (Å²) in [5.41, 5.74) is 2.15. The summed E-state index contributed by atoms with van der Waals surface area (Å²) in [5, 5.41) is 3.30. The molecule has 2 aliphatic heterocycles. The molecule has 1 aromatic heterocycles. The van der Waals surface area contributed by atoms with Crippen molar-refractivity contribution in [2.75, 3.05) is 19.8 Å². The molecule has 0 aromatic carbocycles. The van der Waals surface area contributed by atoms with Crippen molar-refractivity contribution in [2.24, 2.45) is 11.8 Å². The van der Waals surface area contributed by atoms with Gasteiger partial charge in [0.1, 0.15) is 0 Å². The van der Waals surface area contributed by atoms with E-state index in [0.717, 1.165) is 50.5 Å². The van der Waals surface area contributed by atoms with Crippen LogP contribution in [0.25, 0.3) is 0 Å². The molecule has 0 unspecified atom stereocenters. The molecule has 5 heteroatoms. The first kappa shape index (κ1) is 15.1. The summed E-state index contributed by atoms with van der Waals surface area (Å²) in [7, 11) is 0. The SMILES string of the molecule is Cc1cccc(CN2C[C@@H](NC(=O)C3CCC3)[C@H]3COC[C@H]32)n1. The minimum atomic E-state index is 0.223. The lowest BCUT2D eigenvalue weighted by molar-refractivity contribution is -0.128. The minimum Gasteiger partial charge on any atom is -0.379 e. The Morgan fingerprint density at radius 3 is 3.00 bits per heavy atom. The Morgan fingerprint density at radius 2 is 2.26 bits per heavy atom. The molecule has 23 heavy (non-hydrogen) atoms. The lowest BCUT2D eigenvalue weighted by atomic mass is 9.84. The molecule has 3 fully saturated rings. The summed E-state index contributed by atoms with van der Waals surface area (Å²) in [4.78, 5) is 19.4. The molecule has 124 valence electrons. The predicted octanol–water partition coefficient (Wildman–Crippen LogP) is 1.51. The first-order chi connectivity index (χ1) is 11.2. The third kappa shape index (κ3) is 3.00. The van der Waals surface area contributed by atoms with Crippen molar-refractivity contribution in [1.82, 2.24) is 15.2 Å². The van der Waals surface area contributed by atoms with E-state index in [9.17, 15) is 4.79 Å². The van der Waals surface area contributed by atoms with Gasteiger partial charge >= 0.3 is 0 Å². The lowest BCUT2D eigenvalue weighted by Crippen LogP contribution is -2.45. The normalized spacial score (nSPS) is 30.9. The van der Waals surface area contributed by atoms with Gasteiger partial charge in [-0.1, -0.05) is 12.5 Å². The molecule has 3 heterocycles. The second kappa shape index (κ2) is 6.21. The summed E-state index contributed by atoms with van der Waals surface area (Å²) >= 11 is 0. The number of nitrogens with one attached hydrogen (secondary N) is 1. The molecule has 1 aliphatic carbocycles. The van der Waals surface area contributed by atoms with E-state index in [4.69, 9.17) is 4.74 Å². The van der Waals surface area contributed by atoms with Crippen molar-refractivity contribution < 1.29 is 9.53 Å². The zero-order valence-electron chi connectivity index (χ0n) is 13.7. The molecule has 3 aliphatic rings. The van der Waals surface area contributed by atoms with Gasteiger partial charge in [-0.25, -0.2) is 0 Å². The van der Waals surface area contributed by atoms with E-state index in [1.165, 1.54) is 6.42 Å². The molecule has 1 N–H and O–H groups in total. The number of fused-ring (bicyclic) bond motifs is 1. The van der Waals surface area contributed by atoms with E-state index >= 15 is 0 Å². The van der Waals surface area contributed by atoms with Crippen LogP contribution in [0.3, 0.4) is 0 Å². The molecule has 0 bridgehead atoms. The van der Waals surface area contributed by atoms with Crippen molar-refractivity contribution in [2.45, 2.75) is 44.8 Å². The topological polar surface area (TPSA) is 54.5 Å². The van der Waals surface area contributed by atoms with E-state index in [0.29, 0.717) is 12.0 Å². The van der Waals surface area contributed by atoms with Crippen LogP contribution in [-0.4, -0.2) is 47.6 Å². The predicted molar refractivity (Wildman–Crippen MR) is 86.8 cm³/mol. The fraction of sp³-hybridized carbons (Fsp3) is 0.667. The number of rotatable bonds is 4. The Bertz CT molecular complexity index is 587. The van der Waals surface area contributed by atoms with Gasteiger partial charge in [0.15, 0.2) is 0 Å². The Labute approximate surface area is 137 Å². The molecule has 3 atom stereocenters. The van der Waals surface area contributed by atoms with Gasteiger partial charge in [-0.05, 0) is 31.9 Å².